The lowest BCUT2D eigenvalue weighted by molar-refractivity contribution is -0.0907. The van der Waals surface area contributed by atoms with Crippen LogP contribution in [0.2, 0.25) is 0 Å². The molecule has 2 aliphatic heterocycles. The van der Waals surface area contributed by atoms with E-state index in [0.717, 1.165) is 17.5 Å². The molecule has 0 aliphatic carbocycles. The third-order valence-corrected chi connectivity index (χ3v) is 10.1. The number of hydrogen-bond acceptors (Lipinski definition) is 9. The number of nitrogens with zero attached hydrogens (tertiary/aromatic N) is 1. The highest BCUT2D eigenvalue weighted by atomic mass is 32.2. The molecule has 47 heavy (non-hydrogen) atoms. The molecule has 0 aromatic heterocycles. The van der Waals surface area contributed by atoms with Crippen LogP contribution in [0.4, 0.5) is 4.79 Å². The molecule has 0 unspecified atom stereocenters. The molecule has 5 atom stereocenters. The van der Waals surface area contributed by atoms with E-state index in [1.54, 1.807) is 12.1 Å². The Morgan fingerprint density at radius 1 is 0.957 bits per heavy atom. The zero-order chi connectivity index (χ0) is 33.4. The number of sulfonamides is 1. The Hall–Kier alpha value is -3.68. The van der Waals surface area contributed by atoms with Crippen LogP contribution in [0.25, 0.3) is 0 Å². The number of carbonyl (C=O) groups is 1. The van der Waals surface area contributed by atoms with Crippen molar-refractivity contribution in [2.45, 2.75) is 62.7 Å². The van der Waals surface area contributed by atoms with Gasteiger partial charge in [-0.05, 0) is 66.3 Å². The van der Waals surface area contributed by atoms with Crippen LogP contribution in [0.5, 0.6) is 11.5 Å². The lowest BCUT2D eigenvalue weighted by atomic mass is 10.0. The average Bonchev–Trinajstić information content (AvgIpc) is 3.69. The number of alkyl carbamates (subject to hydrolysis) is 1. The SMILES string of the molecule is COc1ccc(S(=O)(=O)N(CC(C)C)C[C@@H](O)[C@@H](Cc2ccc(OCc3ccccc3)cc2)NC(=O)O[C@@H]2CO[C@@H]3OCC[C@@H]32)cc1. The van der Waals surface area contributed by atoms with Crippen LogP contribution in [0.3, 0.4) is 0 Å². The van der Waals surface area contributed by atoms with Crippen LogP contribution in [0, 0.1) is 11.8 Å². The summed E-state index contributed by atoms with van der Waals surface area (Å²) in [6.45, 7) is 4.91. The van der Waals surface area contributed by atoms with Crippen molar-refractivity contribution in [3.8, 4) is 11.5 Å². The van der Waals surface area contributed by atoms with Crippen LogP contribution in [-0.4, -0.2) is 81.9 Å². The van der Waals surface area contributed by atoms with E-state index in [9.17, 15) is 18.3 Å². The van der Waals surface area contributed by atoms with Crippen molar-refractivity contribution in [3.05, 3.63) is 90.0 Å². The Labute approximate surface area is 276 Å². The molecule has 12 heteroatoms. The number of rotatable bonds is 15. The summed E-state index contributed by atoms with van der Waals surface area (Å²) in [4.78, 5) is 13.3. The van der Waals surface area contributed by atoms with Crippen molar-refractivity contribution in [2.24, 2.45) is 11.8 Å². The molecule has 5 rings (SSSR count). The third kappa shape index (κ3) is 9.23. The molecule has 0 saturated carbocycles. The van der Waals surface area contributed by atoms with Gasteiger partial charge in [0.2, 0.25) is 10.0 Å². The fourth-order valence-corrected chi connectivity index (χ4v) is 7.40. The first-order chi connectivity index (χ1) is 22.6. The van der Waals surface area contributed by atoms with E-state index < -0.39 is 34.4 Å². The van der Waals surface area contributed by atoms with E-state index in [0.29, 0.717) is 24.7 Å². The second kappa shape index (κ2) is 15.9. The number of nitrogens with one attached hydrogen (secondary N) is 1. The van der Waals surface area contributed by atoms with E-state index in [-0.39, 0.29) is 49.1 Å². The Morgan fingerprint density at radius 2 is 1.66 bits per heavy atom. The second-order valence-electron chi connectivity index (χ2n) is 12.3. The van der Waals surface area contributed by atoms with Crippen molar-refractivity contribution in [2.75, 3.05) is 33.4 Å². The lowest BCUT2D eigenvalue weighted by Crippen LogP contribution is -2.51. The summed E-state index contributed by atoms with van der Waals surface area (Å²) in [7, 11) is -2.48. The van der Waals surface area contributed by atoms with Gasteiger partial charge < -0.3 is 34.1 Å². The number of fused-ring (bicyclic) bond motifs is 1. The van der Waals surface area contributed by atoms with Gasteiger partial charge in [0.05, 0.1) is 43.3 Å². The van der Waals surface area contributed by atoms with E-state index in [1.807, 2.05) is 68.4 Å². The van der Waals surface area contributed by atoms with Gasteiger partial charge in [-0.2, -0.15) is 4.31 Å². The van der Waals surface area contributed by atoms with Gasteiger partial charge in [-0.25, -0.2) is 13.2 Å². The van der Waals surface area contributed by atoms with E-state index in [2.05, 4.69) is 5.32 Å². The van der Waals surface area contributed by atoms with Crippen LogP contribution < -0.4 is 14.8 Å². The van der Waals surface area contributed by atoms with Gasteiger partial charge in [0.1, 0.15) is 24.2 Å². The number of hydrogen-bond donors (Lipinski definition) is 2. The maximum absolute atomic E-state index is 13.8. The van der Waals surface area contributed by atoms with Gasteiger partial charge in [-0.15, -0.1) is 0 Å². The first kappa shape index (κ1) is 34.6. The van der Waals surface area contributed by atoms with E-state index in [1.165, 1.54) is 23.5 Å². The van der Waals surface area contributed by atoms with Gasteiger partial charge in [0.15, 0.2) is 6.29 Å². The minimum absolute atomic E-state index is 0.0287. The number of ether oxygens (including phenoxy) is 5. The molecule has 2 N–H and O–H groups in total. The molecule has 2 aliphatic rings. The quantitative estimate of drug-likeness (QED) is 0.242. The Balaban J connectivity index is 1.31. The highest BCUT2D eigenvalue weighted by Gasteiger charge is 2.44. The van der Waals surface area contributed by atoms with Gasteiger partial charge in [0, 0.05) is 13.1 Å². The second-order valence-corrected chi connectivity index (χ2v) is 14.2. The zero-order valence-electron chi connectivity index (χ0n) is 27.0. The molecule has 2 fully saturated rings. The van der Waals surface area contributed by atoms with Crippen LogP contribution in [-0.2, 0) is 37.3 Å². The van der Waals surface area contributed by atoms with Crippen molar-refractivity contribution in [3.63, 3.8) is 0 Å². The number of aliphatic hydroxyl groups is 1. The summed E-state index contributed by atoms with van der Waals surface area (Å²) in [5.74, 6) is 1.12. The van der Waals surface area contributed by atoms with Crippen molar-refractivity contribution < 1.29 is 42.0 Å². The maximum Gasteiger partial charge on any atom is 0.407 e. The van der Waals surface area contributed by atoms with Crippen molar-refractivity contribution >= 4 is 16.1 Å². The molecule has 2 saturated heterocycles. The molecule has 0 bridgehead atoms. The van der Waals surface area contributed by atoms with Crippen LogP contribution >= 0.6 is 0 Å². The fraction of sp³-hybridized carbons (Fsp3) is 0.457. The monoisotopic (exact) mass is 668 g/mol. The summed E-state index contributed by atoms with van der Waals surface area (Å²) in [5.41, 5.74) is 1.85. The average molecular weight is 669 g/mol. The normalized spacial score (nSPS) is 20.5. The minimum atomic E-state index is -3.99. The highest BCUT2D eigenvalue weighted by Crippen LogP contribution is 2.33. The zero-order valence-corrected chi connectivity index (χ0v) is 27.8. The van der Waals surface area contributed by atoms with E-state index in [4.69, 9.17) is 23.7 Å². The molecule has 254 valence electrons. The fourth-order valence-electron chi connectivity index (χ4n) is 5.78. The van der Waals surface area contributed by atoms with E-state index >= 15 is 0 Å². The largest absolute Gasteiger partial charge is 0.497 e. The summed E-state index contributed by atoms with van der Waals surface area (Å²) in [5, 5.41) is 14.4. The van der Waals surface area contributed by atoms with Crippen molar-refractivity contribution in [1.82, 2.24) is 9.62 Å². The Morgan fingerprint density at radius 3 is 2.34 bits per heavy atom. The summed E-state index contributed by atoms with van der Waals surface area (Å²) in [6, 6.07) is 22.4. The predicted octanol–water partition coefficient (Wildman–Crippen LogP) is 4.38. The first-order valence-electron chi connectivity index (χ1n) is 15.9. The molecule has 11 nitrogen and oxygen atoms in total. The van der Waals surface area contributed by atoms with Gasteiger partial charge in [0.25, 0.3) is 0 Å². The summed E-state index contributed by atoms with van der Waals surface area (Å²) < 4.78 is 56.8. The Kier molecular flexibility index (Phi) is 11.8. The molecular weight excluding hydrogens is 624 g/mol. The van der Waals surface area contributed by atoms with Gasteiger partial charge in [-0.3, -0.25) is 0 Å². The molecular formula is C35H44N2O9S. The molecule has 3 aromatic carbocycles. The highest BCUT2D eigenvalue weighted by molar-refractivity contribution is 7.89. The lowest BCUT2D eigenvalue weighted by Gasteiger charge is -2.31. The molecule has 2 heterocycles. The summed E-state index contributed by atoms with van der Waals surface area (Å²) in [6.07, 6.45) is -1.92. The summed E-state index contributed by atoms with van der Waals surface area (Å²) >= 11 is 0. The topological polar surface area (TPSA) is 133 Å². The van der Waals surface area contributed by atoms with Gasteiger partial charge >= 0.3 is 6.09 Å². The molecule has 0 radical (unpaired) electrons. The number of carbonyl (C=O) groups excluding carboxylic acids is 1. The standard InChI is InChI=1S/C35H44N2O9S/c1-24(2)20-37(47(40,41)29-15-13-27(42-3)14-16-29)21-32(38)31(36-35(39)46-33-23-45-34-30(33)17-18-43-34)19-25-9-11-28(12-10-25)44-22-26-7-5-4-6-8-26/h4-16,24,30-34,38H,17-23H2,1-3H3,(H,36,39)/t30-,31-,32-,33-,34+/m1/s1. The molecule has 0 spiro atoms. The predicted molar refractivity (Wildman–Crippen MR) is 175 cm³/mol. The smallest absolute Gasteiger partial charge is 0.407 e. The number of methoxy groups -OCH3 is 1. The maximum atomic E-state index is 13.8. The first-order valence-corrected chi connectivity index (χ1v) is 17.3. The van der Waals surface area contributed by atoms with Crippen LogP contribution in [0.1, 0.15) is 31.4 Å². The molecule has 3 aromatic rings. The van der Waals surface area contributed by atoms with Crippen molar-refractivity contribution in [1.29, 1.82) is 0 Å². The number of benzene rings is 3. The number of aliphatic hydroxyl groups excluding tert-OH is 1. The number of amides is 1. The van der Waals surface area contributed by atoms with Crippen LogP contribution in [0.15, 0.2) is 83.8 Å². The third-order valence-electron chi connectivity index (χ3n) is 8.30. The minimum Gasteiger partial charge on any atom is -0.497 e. The Bertz CT molecular complexity index is 1540. The molecule has 1 amide bonds. The van der Waals surface area contributed by atoms with Gasteiger partial charge in [-0.1, -0.05) is 56.3 Å².